The number of rotatable bonds is 3. The maximum atomic E-state index is 11.4. The van der Waals surface area contributed by atoms with Gasteiger partial charge in [-0.1, -0.05) is 18.5 Å². The summed E-state index contributed by atoms with van der Waals surface area (Å²) in [5.41, 5.74) is -0.272. The summed E-state index contributed by atoms with van der Waals surface area (Å²) in [5, 5.41) is 0.189. The first-order valence-electron chi connectivity index (χ1n) is 6.35. The van der Waals surface area contributed by atoms with Crippen LogP contribution in [0, 0.1) is 0 Å². The zero-order valence-corrected chi connectivity index (χ0v) is 11.6. The minimum Gasteiger partial charge on any atom is -0.353 e. The summed E-state index contributed by atoms with van der Waals surface area (Å²) < 4.78 is 0. The van der Waals surface area contributed by atoms with Crippen LogP contribution in [0.25, 0.3) is 0 Å². The Kier molecular flexibility index (Phi) is 4.24. The Morgan fingerprint density at radius 3 is 2.72 bits per heavy atom. The molecule has 6 heteroatoms. The van der Waals surface area contributed by atoms with E-state index in [-0.39, 0.29) is 10.6 Å². The van der Waals surface area contributed by atoms with Crippen molar-refractivity contribution >= 4 is 17.4 Å². The molecule has 0 bridgehead atoms. The van der Waals surface area contributed by atoms with E-state index in [1.807, 2.05) is 0 Å². The average molecular weight is 271 g/mol. The molecule has 0 saturated carbocycles. The van der Waals surface area contributed by atoms with Crippen molar-refractivity contribution in [3.63, 3.8) is 0 Å². The molecule has 5 nitrogen and oxygen atoms in total. The van der Waals surface area contributed by atoms with E-state index in [2.05, 4.69) is 33.6 Å². The largest absolute Gasteiger partial charge is 0.353 e. The Morgan fingerprint density at radius 2 is 2.11 bits per heavy atom. The van der Waals surface area contributed by atoms with Crippen molar-refractivity contribution in [1.29, 1.82) is 0 Å². The maximum absolute atomic E-state index is 11.4. The van der Waals surface area contributed by atoms with Gasteiger partial charge in [-0.25, -0.2) is 4.98 Å². The summed E-state index contributed by atoms with van der Waals surface area (Å²) in [6.45, 7) is 8.14. The summed E-state index contributed by atoms with van der Waals surface area (Å²) >= 11 is 5.99. The predicted molar refractivity (Wildman–Crippen MR) is 73.4 cm³/mol. The molecule has 2 rings (SSSR count). The quantitative estimate of drug-likeness (QED) is 0.901. The van der Waals surface area contributed by atoms with Gasteiger partial charge in [0.15, 0.2) is 5.82 Å². The van der Waals surface area contributed by atoms with Crippen molar-refractivity contribution in [2.45, 2.75) is 26.3 Å². The molecule has 0 radical (unpaired) electrons. The van der Waals surface area contributed by atoms with Crippen LogP contribution in [0.15, 0.2) is 11.1 Å². The third-order valence-electron chi connectivity index (χ3n) is 3.61. The lowest BCUT2D eigenvalue weighted by Gasteiger charge is -2.38. The number of nitrogens with one attached hydrogen (secondary N) is 1. The molecular formula is C12H19ClN4O. The van der Waals surface area contributed by atoms with Crippen LogP contribution in [0.1, 0.15) is 20.3 Å². The molecule has 1 aliphatic rings. The summed E-state index contributed by atoms with van der Waals surface area (Å²) in [6, 6.07) is 0.606. The molecule has 1 atom stereocenters. The fourth-order valence-corrected chi connectivity index (χ4v) is 2.45. The van der Waals surface area contributed by atoms with E-state index >= 15 is 0 Å². The van der Waals surface area contributed by atoms with Crippen molar-refractivity contribution in [3.05, 3.63) is 21.7 Å². The number of anilines is 1. The molecule has 1 aromatic heterocycles. The Balaban J connectivity index is 2.06. The van der Waals surface area contributed by atoms with Crippen LogP contribution in [0.2, 0.25) is 5.02 Å². The zero-order chi connectivity index (χ0) is 13.1. The highest BCUT2D eigenvalue weighted by atomic mass is 35.5. The van der Waals surface area contributed by atoms with Gasteiger partial charge in [-0.15, -0.1) is 0 Å². The predicted octanol–water partition coefficient (Wildman–Crippen LogP) is 1.34. The van der Waals surface area contributed by atoms with E-state index in [1.54, 1.807) is 0 Å². The number of H-pyrrole nitrogens is 1. The number of hydrogen-bond donors (Lipinski definition) is 1. The molecule has 1 aromatic rings. The third-order valence-corrected chi connectivity index (χ3v) is 3.95. The number of aromatic amines is 1. The van der Waals surface area contributed by atoms with E-state index < -0.39 is 0 Å². The van der Waals surface area contributed by atoms with Gasteiger partial charge in [0.05, 0.1) is 6.33 Å². The van der Waals surface area contributed by atoms with Crippen LogP contribution in [0.3, 0.4) is 0 Å². The van der Waals surface area contributed by atoms with Gasteiger partial charge in [0.2, 0.25) is 0 Å². The summed E-state index contributed by atoms with van der Waals surface area (Å²) in [7, 11) is 0. The van der Waals surface area contributed by atoms with E-state index in [0.717, 1.165) is 32.6 Å². The second-order valence-corrected chi connectivity index (χ2v) is 5.03. The number of aromatic nitrogens is 2. The standard InChI is InChI=1S/C12H19ClN4O/c1-3-9(2)16-4-6-17(7-5-16)11-10(13)12(18)15-8-14-11/h8-9H,3-7H2,1-2H3,(H,14,15,18). The zero-order valence-electron chi connectivity index (χ0n) is 10.8. The second kappa shape index (κ2) is 5.71. The SMILES string of the molecule is CCC(C)N1CCN(c2nc[nH]c(=O)c2Cl)CC1. The number of hydrogen-bond acceptors (Lipinski definition) is 4. The highest BCUT2D eigenvalue weighted by Gasteiger charge is 2.22. The average Bonchev–Trinajstić information content (AvgIpc) is 2.41. The Hall–Kier alpha value is -1.07. The number of piperazine rings is 1. The fourth-order valence-electron chi connectivity index (χ4n) is 2.23. The van der Waals surface area contributed by atoms with E-state index in [9.17, 15) is 4.79 Å². The molecular weight excluding hydrogens is 252 g/mol. The van der Waals surface area contributed by atoms with Gasteiger partial charge in [-0.3, -0.25) is 9.69 Å². The molecule has 1 fully saturated rings. The molecule has 0 aliphatic carbocycles. The third kappa shape index (κ3) is 2.67. The fraction of sp³-hybridized carbons (Fsp3) is 0.667. The van der Waals surface area contributed by atoms with Gasteiger partial charge in [0.1, 0.15) is 5.02 Å². The van der Waals surface area contributed by atoms with Crippen LogP contribution in [-0.2, 0) is 0 Å². The molecule has 1 unspecified atom stereocenters. The van der Waals surface area contributed by atoms with Gasteiger partial charge in [0.25, 0.3) is 5.56 Å². The molecule has 100 valence electrons. The lowest BCUT2D eigenvalue weighted by Crippen LogP contribution is -2.50. The van der Waals surface area contributed by atoms with Gasteiger partial charge in [0, 0.05) is 32.2 Å². The summed E-state index contributed by atoms with van der Waals surface area (Å²) in [4.78, 5) is 22.6. The van der Waals surface area contributed by atoms with Crippen LogP contribution < -0.4 is 10.5 Å². The normalized spacial score (nSPS) is 18.9. The van der Waals surface area contributed by atoms with Crippen molar-refractivity contribution in [3.8, 4) is 0 Å². The first-order chi connectivity index (χ1) is 8.63. The van der Waals surface area contributed by atoms with Crippen molar-refractivity contribution in [1.82, 2.24) is 14.9 Å². The molecule has 1 saturated heterocycles. The van der Waals surface area contributed by atoms with Crippen molar-refractivity contribution in [2.24, 2.45) is 0 Å². The minimum atomic E-state index is -0.272. The Morgan fingerprint density at radius 1 is 1.44 bits per heavy atom. The van der Waals surface area contributed by atoms with Gasteiger partial charge in [-0.2, -0.15) is 0 Å². The number of halogens is 1. The molecule has 0 amide bonds. The first kappa shape index (κ1) is 13.4. The molecule has 2 heterocycles. The monoisotopic (exact) mass is 270 g/mol. The number of nitrogens with zero attached hydrogens (tertiary/aromatic N) is 3. The van der Waals surface area contributed by atoms with E-state index in [0.29, 0.717) is 11.9 Å². The minimum absolute atomic E-state index is 0.189. The smallest absolute Gasteiger partial charge is 0.271 e. The molecule has 1 N–H and O–H groups in total. The highest BCUT2D eigenvalue weighted by Crippen LogP contribution is 2.20. The van der Waals surface area contributed by atoms with Crippen LogP contribution in [0.4, 0.5) is 5.82 Å². The van der Waals surface area contributed by atoms with Crippen LogP contribution >= 0.6 is 11.6 Å². The summed E-state index contributed by atoms with van der Waals surface area (Å²) in [6.07, 6.45) is 2.56. The van der Waals surface area contributed by atoms with E-state index in [1.165, 1.54) is 6.33 Å². The van der Waals surface area contributed by atoms with Gasteiger partial charge < -0.3 is 9.88 Å². The van der Waals surface area contributed by atoms with Gasteiger partial charge >= 0.3 is 0 Å². The lowest BCUT2D eigenvalue weighted by molar-refractivity contribution is 0.192. The highest BCUT2D eigenvalue weighted by molar-refractivity contribution is 6.32. The van der Waals surface area contributed by atoms with E-state index in [4.69, 9.17) is 11.6 Å². The Labute approximate surface area is 112 Å². The molecule has 1 aliphatic heterocycles. The van der Waals surface area contributed by atoms with Crippen LogP contribution in [0.5, 0.6) is 0 Å². The topological polar surface area (TPSA) is 52.2 Å². The molecule has 0 aromatic carbocycles. The van der Waals surface area contributed by atoms with Crippen LogP contribution in [-0.4, -0.2) is 47.1 Å². The molecule has 18 heavy (non-hydrogen) atoms. The maximum Gasteiger partial charge on any atom is 0.271 e. The van der Waals surface area contributed by atoms with Crippen molar-refractivity contribution < 1.29 is 0 Å². The molecule has 0 spiro atoms. The Bertz CT molecular complexity index is 454. The van der Waals surface area contributed by atoms with Crippen molar-refractivity contribution in [2.75, 3.05) is 31.1 Å². The second-order valence-electron chi connectivity index (χ2n) is 4.65. The first-order valence-corrected chi connectivity index (χ1v) is 6.73. The summed E-state index contributed by atoms with van der Waals surface area (Å²) in [5.74, 6) is 0.601. The lowest BCUT2D eigenvalue weighted by atomic mass is 10.2. The van der Waals surface area contributed by atoms with Gasteiger partial charge in [-0.05, 0) is 13.3 Å².